The van der Waals surface area contributed by atoms with Crippen molar-refractivity contribution in [3.63, 3.8) is 0 Å². The van der Waals surface area contributed by atoms with Crippen LogP contribution in [-0.4, -0.2) is 22.0 Å². The molecule has 0 radical (unpaired) electrons. The normalized spacial score (nSPS) is 10.7. The molecule has 0 aliphatic carbocycles. The fourth-order valence-corrected chi connectivity index (χ4v) is 3.50. The van der Waals surface area contributed by atoms with E-state index >= 15 is 0 Å². The number of hydrogen-bond acceptors (Lipinski definition) is 5. The molecule has 0 spiro atoms. The quantitative estimate of drug-likeness (QED) is 0.386. The van der Waals surface area contributed by atoms with Crippen molar-refractivity contribution in [3.05, 3.63) is 108 Å². The maximum atomic E-state index is 12.9. The number of hydrogen-bond donors (Lipinski definition) is 2. The molecule has 2 amide bonds. The molecule has 7 heteroatoms. The summed E-state index contributed by atoms with van der Waals surface area (Å²) in [6, 6.07) is 29.2. The molecule has 160 valence electrons. The molecule has 0 fully saturated rings. The number of aromatic nitrogens is 2. The number of carbonyl (C=O) groups is 2. The van der Waals surface area contributed by atoms with Gasteiger partial charge in [0.2, 0.25) is 5.89 Å². The van der Waals surface area contributed by atoms with E-state index in [1.807, 2.05) is 66.7 Å². The van der Waals surface area contributed by atoms with Crippen molar-refractivity contribution >= 4 is 34.3 Å². The Morgan fingerprint density at radius 3 is 2.33 bits per heavy atom. The lowest BCUT2D eigenvalue weighted by Gasteiger charge is -2.09. The van der Waals surface area contributed by atoms with Gasteiger partial charge in [0, 0.05) is 22.4 Å². The zero-order chi connectivity index (χ0) is 22.6. The van der Waals surface area contributed by atoms with Gasteiger partial charge in [0.15, 0.2) is 0 Å². The molecule has 0 saturated heterocycles. The summed E-state index contributed by atoms with van der Waals surface area (Å²) in [4.78, 5) is 25.6. The smallest absolute Gasteiger partial charge is 0.322 e. The molecule has 0 saturated carbocycles. The minimum atomic E-state index is -0.431. The lowest BCUT2D eigenvalue weighted by molar-refractivity contribution is 0.101. The van der Waals surface area contributed by atoms with Gasteiger partial charge in [-0.1, -0.05) is 65.8 Å². The number of fused-ring (bicyclic) bond motifs is 1. The fourth-order valence-electron chi connectivity index (χ4n) is 3.50. The van der Waals surface area contributed by atoms with Crippen LogP contribution in [0.5, 0.6) is 0 Å². The lowest BCUT2D eigenvalue weighted by Crippen LogP contribution is -2.15. The molecule has 0 atom stereocenters. The number of anilines is 2. The summed E-state index contributed by atoms with van der Waals surface area (Å²) in [5, 5.41) is 15.1. The highest BCUT2D eigenvalue weighted by atomic mass is 16.4. The largest absolute Gasteiger partial charge is 0.403 e. The summed E-state index contributed by atoms with van der Waals surface area (Å²) in [5.41, 5.74) is 2.15. The first-order valence-electron chi connectivity index (χ1n) is 10.3. The van der Waals surface area contributed by atoms with Crippen LogP contribution in [-0.2, 0) is 0 Å². The van der Waals surface area contributed by atoms with Crippen molar-refractivity contribution < 1.29 is 14.0 Å². The maximum absolute atomic E-state index is 12.9. The molecule has 5 rings (SSSR count). The van der Waals surface area contributed by atoms with Gasteiger partial charge in [-0.3, -0.25) is 14.9 Å². The van der Waals surface area contributed by atoms with E-state index in [-0.39, 0.29) is 11.9 Å². The first-order valence-corrected chi connectivity index (χ1v) is 10.3. The van der Waals surface area contributed by atoms with Crippen LogP contribution in [0.3, 0.4) is 0 Å². The number of nitrogens with one attached hydrogen (secondary N) is 2. The highest BCUT2D eigenvalue weighted by Gasteiger charge is 2.14. The van der Waals surface area contributed by atoms with E-state index < -0.39 is 5.91 Å². The monoisotopic (exact) mass is 434 g/mol. The molecular weight excluding hydrogens is 416 g/mol. The minimum absolute atomic E-state index is 0.0101. The van der Waals surface area contributed by atoms with Gasteiger partial charge in [0.1, 0.15) is 0 Å². The number of carbonyl (C=O) groups excluding carboxylic acids is 2. The van der Waals surface area contributed by atoms with E-state index in [9.17, 15) is 9.59 Å². The average molecular weight is 434 g/mol. The van der Waals surface area contributed by atoms with Gasteiger partial charge in [0.05, 0.1) is 0 Å². The summed E-state index contributed by atoms with van der Waals surface area (Å²) in [6.07, 6.45) is 0. The molecule has 1 heterocycles. The average Bonchev–Trinajstić information content (AvgIpc) is 3.33. The molecule has 0 bridgehead atoms. The molecule has 0 aliphatic rings. The van der Waals surface area contributed by atoms with Gasteiger partial charge < -0.3 is 9.73 Å². The van der Waals surface area contributed by atoms with Gasteiger partial charge in [0.25, 0.3) is 11.8 Å². The second kappa shape index (κ2) is 8.76. The Labute approximate surface area is 189 Å². The fraction of sp³-hybridized carbons (Fsp3) is 0. The Hall–Kier alpha value is -4.78. The van der Waals surface area contributed by atoms with Crippen LogP contribution in [0, 0.1) is 0 Å². The topological polar surface area (TPSA) is 97.1 Å². The third-order valence-corrected chi connectivity index (χ3v) is 5.08. The summed E-state index contributed by atoms with van der Waals surface area (Å²) in [7, 11) is 0. The number of benzene rings is 4. The van der Waals surface area contributed by atoms with Gasteiger partial charge >= 0.3 is 6.01 Å². The molecule has 0 unspecified atom stereocenters. The van der Waals surface area contributed by atoms with E-state index in [2.05, 4.69) is 20.8 Å². The van der Waals surface area contributed by atoms with Crippen LogP contribution in [0.25, 0.3) is 22.2 Å². The standard InChI is InChI=1S/C26H18N4O3/c31-23(28-26-30-29-25(33-26)18-9-2-1-3-10-18)19-12-6-13-20(16-19)27-24(32)22-15-7-11-17-8-4-5-14-21(17)22/h1-16H,(H,27,32)(H,28,30,31). The van der Waals surface area contributed by atoms with Gasteiger partial charge in [-0.05, 0) is 47.2 Å². The molecule has 2 N–H and O–H groups in total. The SMILES string of the molecule is O=C(Nc1nnc(-c2ccccc2)o1)c1cccc(NC(=O)c2cccc3ccccc23)c1. The molecule has 33 heavy (non-hydrogen) atoms. The zero-order valence-electron chi connectivity index (χ0n) is 17.4. The van der Waals surface area contributed by atoms with Crippen molar-refractivity contribution in [1.29, 1.82) is 0 Å². The lowest BCUT2D eigenvalue weighted by atomic mass is 10.0. The van der Waals surface area contributed by atoms with Crippen molar-refractivity contribution in [1.82, 2.24) is 10.2 Å². The highest BCUT2D eigenvalue weighted by Crippen LogP contribution is 2.22. The first-order chi connectivity index (χ1) is 16.2. The molecule has 7 nitrogen and oxygen atoms in total. The first kappa shape index (κ1) is 20.1. The van der Waals surface area contributed by atoms with Crippen LogP contribution < -0.4 is 10.6 Å². The summed E-state index contributed by atoms with van der Waals surface area (Å²) < 4.78 is 5.53. The number of amides is 2. The van der Waals surface area contributed by atoms with E-state index in [1.54, 1.807) is 30.3 Å². The molecule has 1 aromatic heterocycles. The van der Waals surface area contributed by atoms with Gasteiger partial charge in [-0.15, -0.1) is 5.10 Å². The van der Waals surface area contributed by atoms with Gasteiger partial charge in [-0.2, -0.15) is 0 Å². The van der Waals surface area contributed by atoms with E-state index in [4.69, 9.17) is 4.42 Å². The number of nitrogens with zero attached hydrogens (tertiary/aromatic N) is 2. The summed E-state index contributed by atoms with van der Waals surface area (Å²) in [6.45, 7) is 0. The number of rotatable bonds is 5. The summed E-state index contributed by atoms with van der Waals surface area (Å²) >= 11 is 0. The Balaban J connectivity index is 1.31. The summed E-state index contributed by atoms with van der Waals surface area (Å²) in [5.74, 6) is -0.379. The van der Waals surface area contributed by atoms with Crippen LogP contribution in [0.4, 0.5) is 11.7 Å². The Kier molecular flexibility index (Phi) is 5.35. The van der Waals surface area contributed by atoms with Crippen molar-refractivity contribution in [2.75, 3.05) is 10.6 Å². The molecule has 5 aromatic rings. The predicted molar refractivity (Wildman–Crippen MR) is 126 cm³/mol. The molecule has 4 aromatic carbocycles. The Morgan fingerprint density at radius 1 is 0.697 bits per heavy atom. The maximum Gasteiger partial charge on any atom is 0.322 e. The van der Waals surface area contributed by atoms with Crippen LogP contribution in [0.1, 0.15) is 20.7 Å². The van der Waals surface area contributed by atoms with Crippen molar-refractivity contribution in [3.8, 4) is 11.5 Å². The molecular formula is C26H18N4O3. The Bertz CT molecular complexity index is 1460. The Morgan fingerprint density at radius 2 is 1.45 bits per heavy atom. The minimum Gasteiger partial charge on any atom is -0.403 e. The third-order valence-electron chi connectivity index (χ3n) is 5.08. The van der Waals surface area contributed by atoms with Crippen LogP contribution in [0.15, 0.2) is 101 Å². The predicted octanol–water partition coefficient (Wildman–Crippen LogP) is 5.39. The molecule has 0 aliphatic heterocycles. The van der Waals surface area contributed by atoms with E-state index in [1.165, 1.54) is 0 Å². The second-order valence-electron chi connectivity index (χ2n) is 7.29. The second-order valence-corrected chi connectivity index (χ2v) is 7.29. The highest BCUT2D eigenvalue weighted by molar-refractivity contribution is 6.13. The van der Waals surface area contributed by atoms with Crippen LogP contribution in [0.2, 0.25) is 0 Å². The zero-order valence-corrected chi connectivity index (χ0v) is 17.4. The van der Waals surface area contributed by atoms with E-state index in [0.29, 0.717) is 22.7 Å². The van der Waals surface area contributed by atoms with Crippen molar-refractivity contribution in [2.45, 2.75) is 0 Å². The van der Waals surface area contributed by atoms with Crippen molar-refractivity contribution in [2.24, 2.45) is 0 Å². The van der Waals surface area contributed by atoms with Gasteiger partial charge in [-0.25, -0.2) is 0 Å². The van der Waals surface area contributed by atoms with E-state index in [0.717, 1.165) is 16.3 Å². The van der Waals surface area contributed by atoms with Crippen LogP contribution >= 0.6 is 0 Å². The third kappa shape index (κ3) is 4.33.